The molecular formula is C25H16F2I2. The van der Waals surface area contributed by atoms with Gasteiger partial charge in [0.2, 0.25) is 0 Å². The van der Waals surface area contributed by atoms with Crippen molar-refractivity contribution in [2.75, 3.05) is 0 Å². The van der Waals surface area contributed by atoms with Gasteiger partial charge >= 0.3 is 0 Å². The molecule has 0 bridgehead atoms. The summed E-state index contributed by atoms with van der Waals surface area (Å²) in [4.78, 5) is 0. The van der Waals surface area contributed by atoms with Crippen LogP contribution >= 0.6 is 45.2 Å². The molecule has 144 valence electrons. The molecule has 4 rings (SSSR count). The highest BCUT2D eigenvalue weighted by Crippen LogP contribution is 2.29. The zero-order valence-corrected chi connectivity index (χ0v) is 19.6. The van der Waals surface area contributed by atoms with Crippen molar-refractivity contribution in [3.8, 4) is 22.3 Å². The first-order valence-corrected chi connectivity index (χ1v) is 11.2. The van der Waals surface area contributed by atoms with Gasteiger partial charge in [0.1, 0.15) is 11.6 Å². The van der Waals surface area contributed by atoms with E-state index in [1.54, 1.807) is 0 Å². The number of hydrogen-bond donors (Lipinski definition) is 0. The van der Waals surface area contributed by atoms with Gasteiger partial charge in [0.25, 0.3) is 0 Å². The summed E-state index contributed by atoms with van der Waals surface area (Å²) < 4.78 is 28.6. The van der Waals surface area contributed by atoms with E-state index < -0.39 is 0 Å². The van der Waals surface area contributed by atoms with E-state index in [1.807, 2.05) is 24.3 Å². The fourth-order valence-corrected chi connectivity index (χ4v) is 5.08. The number of halogens is 4. The summed E-state index contributed by atoms with van der Waals surface area (Å²) in [7, 11) is 0. The lowest BCUT2D eigenvalue weighted by Crippen LogP contribution is -1.93. The first kappa shape index (κ1) is 20.5. The zero-order chi connectivity index (χ0) is 20.4. The van der Waals surface area contributed by atoms with Crippen LogP contribution in [0.15, 0.2) is 84.9 Å². The van der Waals surface area contributed by atoms with Gasteiger partial charge in [-0.2, -0.15) is 0 Å². The summed E-state index contributed by atoms with van der Waals surface area (Å²) in [6.45, 7) is 0. The monoisotopic (exact) mass is 608 g/mol. The van der Waals surface area contributed by atoms with Gasteiger partial charge in [-0.3, -0.25) is 0 Å². The van der Waals surface area contributed by atoms with Crippen molar-refractivity contribution in [1.82, 2.24) is 0 Å². The second-order valence-corrected chi connectivity index (χ2v) is 9.14. The molecule has 0 aliphatic carbocycles. The fraction of sp³-hybridized carbons (Fsp3) is 0.0400. The normalized spacial score (nSPS) is 10.9. The minimum atomic E-state index is -0.223. The first-order chi connectivity index (χ1) is 14.0. The summed E-state index contributed by atoms with van der Waals surface area (Å²) in [6.07, 6.45) is 0.833. The Bertz CT molecular complexity index is 1060. The van der Waals surface area contributed by atoms with Gasteiger partial charge in [0, 0.05) is 7.14 Å². The van der Waals surface area contributed by atoms with Gasteiger partial charge in [-0.05, 0) is 121 Å². The van der Waals surface area contributed by atoms with E-state index in [0.29, 0.717) is 0 Å². The van der Waals surface area contributed by atoms with Gasteiger partial charge in [0.15, 0.2) is 0 Å². The zero-order valence-electron chi connectivity index (χ0n) is 15.3. The molecule has 0 unspecified atom stereocenters. The summed E-state index contributed by atoms with van der Waals surface area (Å²) >= 11 is 4.67. The predicted octanol–water partition coefficient (Wildman–Crippen LogP) is 8.10. The van der Waals surface area contributed by atoms with Gasteiger partial charge in [0.05, 0.1) is 0 Å². The van der Waals surface area contributed by atoms with Crippen LogP contribution in [0.3, 0.4) is 0 Å². The van der Waals surface area contributed by atoms with Crippen LogP contribution < -0.4 is 0 Å². The predicted molar refractivity (Wildman–Crippen MR) is 132 cm³/mol. The van der Waals surface area contributed by atoms with Gasteiger partial charge < -0.3 is 0 Å². The minimum absolute atomic E-state index is 0.223. The Balaban J connectivity index is 1.56. The SMILES string of the molecule is Fc1ccc(-c2ccc(Cc3ccc(-c4ccc(F)cc4)c(I)c3)cc2I)cc1. The maximum absolute atomic E-state index is 13.2. The molecule has 0 nitrogen and oxygen atoms in total. The maximum Gasteiger partial charge on any atom is 0.123 e. The number of benzene rings is 4. The van der Waals surface area contributed by atoms with Crippen molar-refractivity contribution in [3.05, 3.63) is 115 Å². The van der Waals surface area contributed by atoms with Gasteiger partial charge in [-0.15, -0.1) is 0 Å². The van der Waals surface area contributed by atoms with Crippen molar-refractivity contribution in [2.24, 2.45) is 0 Å². The molecule has 0 spiro atoms. The third-order valence-electron chi connectivity index (χ3n) is 4.79. The van der Waals surface area contributed by atoms with Crippen LogP contribution in [-0.2, 0) is 6.42 Å². The topological polar surface area (TPSA) is 0 Å². The smallest absolute Gasteiger partial charge is 0.123 e. The maximum atomic E-state index is 13.2. The number of hydrogen-bond acceptors (Lipinski definition) is 0. The highest BCUT2D eigenvalue weighted by molar-refractivity contribution is 14.1. The van der Waals surface area contributed by atoms with E-state index in [2.05, 4.69) is 81.6 Å². The molecule has 0 aromatic heterocycles. The van der Waals surface area contributed by atoms with E-state index >= 15 is 0 Å². The molecule has 0 saturated carbocycles. The molecule has 0 aliphatic rings. The van der Waals surface area contributed by atoms with Gasteiger partial charge in [-0.25, -0.2) is 8.78 Å². The molecule has 0 aliphatic heterocycles. The first-order valence-electron chi connectivity index (χ1n) is 9.08. The lowest BCUT2D eigenvalue weighted by atomic mass is 9.98. The van der Waals surface area contributed by atoms with Crippen molar-refractivity contribution in [1.29, 1.82) is 0 Å². The summed E-state index contributed by atoms with van der Waals surface area (Å²) in [6, 6.07) is 26.0. The third-order valence-corrected chi connectivity index (χ3v) is 6.57. The molecule has 0 radical (unpaired) electrons. The Morgan fingerprint density at radius 3 is 1.24 bits per heavy atom. The molecule has 4 aromatic carbocycles. The minimum Gasteiger partial charge on any atom is -0.207 e. The van der Waals surface area contributed by atoms with Crippen LogP contribution in [0.4, 0.5) is 8.78 Å². The van der Waals surface area contributed by atoms with Crippen LogP contribution in [0.1, 0.15) is 11.1 Å². The Labute approximate surface area is 196 Å². The van der Waals surface area contributed by atoms with E-state index in [-0.39, 0.29) is 11.6 Å². The average Bonchev–Trinajstić information content (AvgIpc) is 2.70. The summed E-state index contributed by atoms with van der Waals surface area (Å²) in [5.74, 6) is -0.446. The molecule has 0 N–H and O–H groups in total. The Morgan fingerprint density at radius 2 is 0.897 bits per heavy atom. The van der Waals surface area contributed by atoms with Crippen LogP contribution in [0.2, 0.25) is 0 Å². The molecule has 0 atom stereocenters. The van der Waals surface area contributed by atoms with Crippen LogP contribution in [0, 0.1) is 18.8 Å². The van der Waals surface area contributed by atoms with E-state index in [4.69, 9.17) is 0 Å². The molecule has 4 heteroatoms. The van der Waals surface area contributed by atoms with Crippen molar-refractivity contribution in [2.45, 2.75) is 6.42 Å². The Hall–Kier alpha value is -1.80. The van der Waals surface area contributed by atoms with Crippen molar-refractivity contribution >= 4 is 45.2 Å². The van der Waals surface area contributed by atoms with Crippen molar-refractivity contribution in [3.63, 3.8) is 0 Å². The average molecular weight is 608 g/mol. The number of rotatable bonds is 4. The third kappa shape index (κ3) is 4.86. The highest BCUT2D eigenvalue weighted by atomic mass is 127. The summed E-state index contributed by atoms with van der Waals surface area (Å²) in [5.41, 5.74) is 6.70. The van der Waals surface area contributed by atoms with Crippen molar-refractivity contribution < 1.29 is 8.78 Å². The largest absolute Gasteiger partial charge is 0.207 e. The van der Waals surface area contributed by atoms with E-state index in [1.165, 1.54) is 35.4 Å². The highest BCUT2D eigenvalue weighted by Gasteiger charge is 2.08. The second kappa shape index (κ2) is 8.92. The standard InChI is InChI=1S/C25H16F2I2/c26-20-7-3-18(4-8-20)22-11-1-16(14-24(22)28)13-17-2-12-23(25(29)15-17)19-5-9-21(27)10-6-19/h1-12,14-15H,13H2. The van der Waals surface area contributed by atoms with Crippen LogP contribution in [0.5, 0.6) is 0 Å². The molecule has 0 amide bonds. The molecule has 0 saturated heterocycles. The molecule has 4 aromatic rings. The lowest BCUT2D eigenvalue weighted by molar-refractivity contribution is 0.627. The quantitative estimate of drug-likeness (QED) is 0.206. The second-order valence-electron chi connectivity index (χ2n) is 6.82. The van der Waals surface area contributed by atoms with Crippen LogP contribution in [0.25, 0.3) is 22.3 Å². The molecule has 0 fully saturated rings. The summed E-state index contributed by atoms with van der Waals surface area (Å²) in [5, 5.41) is 0. The Kier molecular flexibility index (Phi) is 6.29. The van der Waals surface area contributed by atoms with Crippen LogP contribution in [-0.4, -0.2) is 0 Å². The molecule has 0 heterocycles. The van der Waals surface area contributed by atoms with Gasteiger partial charge in [-0.1, -0.05) is 48.5 Å². The lowest BCUT2D eigenvalue weighted by Gasteiger charge is -2.10. The van der Waals surface area contributed by atoms with E-state index in [0.717, 1.165) is 35.8 Å². The fourth-order valence-electron chi connectivity index (χ4n) is 3.30. The molecular weight excluding hydrogens is 592 g/mol. The Morgan fingerprint density at radius 1 is 0.517 bits per heavy atom. The molecule has 29 heavy (non-hydrogen) atoms. The van der Waals surface area contributed by atoms with E-state index in [9.17, 15) is 8.78 Å².